The molecule has 1 aliphatic heterocycles. The maximum atomic E-state index is 13.1. The molecule has 1 aromatic carbocycles. The molecule has 0 unspecified atom stereocenters. The Hall–Kier alpha value is -1.11. The Morgan fingerprint density at radius 3 is 2.61 bits per heavy atom. The van der Waals surface area contributed by atoms with Gasteiger partial charge in [0, 0.05) is 32.5 Å². The van der Waals surface area contributed by atoms with Crippen LogP contribution in [0.5, 0.6) is 0 Å². The standard InChI is InChI=1S/C21H28Cl2N2O3/c1-4-9-24(2)18-7-8-21(27-10-11-28-21)14-19(18)25(3)20(26)13-15-5-6-16(22)17(23)12-15/h4-6,12,18-19H,1,7-11,13-14H2,2-3H3/t18-,19-/m0/s1. The van der Waals surface area contributed by atoms with Gasteiger partial charge in [0.2, 0.25) is 5.91 Å². The third-order valence-corrected chi connectivity index (χ3v) is 6.55. The largest absolute Gasteiger partial charge is 0.347 e. The molecule has 0 radical (unpaired) electrons. The van der Waals surface area contributed by atoms with E-state index in [1.54, 1.807) is 12.1 Å². The van der Waals surface area contributed by atoms with E-state index in [-0.39, 0.29) is 24.4 Å². The lowest BCUT2D eigenvalue weighted by Gasteiger charge is -2.47. The molecule has 1 saturated carbocycles. The van der Waals surface area contributed by atoms with Gasteiger partial charge in [-0.15, -0.1) is 6.58 Å². The van der Waals surface area contributed by atoms with Crippen molar-refractivity contribution in [2.45, 2.75) is 43.6 Å². The SMILES string of the molecule is C=CCN(C)[C@H]1CCC2(C[C@@H]1N(C)C(=O)Cc1ccc(Cl)c(Cl)c1)OCCO2. The van der Waals surface area contributed by atoms with Crippen molar-refractivity contribution in [2.75, 3.05) is 33.9 Å². The second-order valence-electron chi connectivity index (χ2n) is 7.64. The van der Waals surface area contributed by atoms with Crippen LogP contribution in [-0.4, -0.2) is 67.4 Å². The average Bonchev–Trinajstić information content (AvgIpc) is 3.12. The number of benzene rings is 1. The highest BCUT2D eigenvalue weighted by Crippen LogP contribution is 2.39. The number of rotatable bonds is 6. The quantitative estimate of drug-likeness (QED) is 0.649. The molecule has 1 saturated heterocycles. The highest BCUT2D eigenvalue weighted by molar-refractivity contribution is 6.42. The van der Waals surface area contributed by atoms with Crippen LogP contribution in [0.3, 0.4) is 0 Å². The van der Waals surface area contributed by atoms with Crippen molar-refractivity contribution in [3.05, 3.63) is 46.5 Å². The third-order valence-electron chi connectivity index (χ3n) is 5.81. The molecular weight excluding hydrogens is 399 g/mol. The lowest BCUT2D eigenvalue weighted by atomic mass is 9.83. The number of ether oxygens (including phenoxy) is 2. The van der Waals surface area contributed by atoms with Gasteiger partial charge in [0.1, 0.15) is 0 Å². The highest BCUT2D eigenvalue weighted by atomic mass is 35.5. The van der Waals surface area contributed by atoms with Crippen LogP contribution in [0.15, 0.2) is 30.9 Å². The van der Waals surface area contributed by atoms with Crippen LogP contribution < -0.4 is 0 Å². The van der Waals surface area contributed by atoms with Crippen LogP contribution in [0.1, 0.15) is 24.8 Å². The van der Waals surface area contributed by atoms with Crippen molar-refractivity contribution in [3.8, 4) is 0 Å². The van der Waals surface area contributed by atoms with E-state index in [0.29, 0.717) is 29.7 Å². The molecule has 1 spiro atoms. The first-order valence-electron chi connectivity index (χ1n) is 9.64. The number of carbonyl (C=O) groups excluding carboxylic acids is 1. The van der Waals surface area contributed by atoms with Gasteiger partial charge in [0.15, 0.2) is 5.79 Å². The minimum Gasteiger partial charge on any atom is -0.347 e. The zero-order valence-electron chi connectivity index (χ0n) is 16.5. The Balaban J connectivity index is 1.76. The van der Waals surface area contributed by atoms with E-state index in [4.69, 9.17) is 32.7 Å². The monoisotopic (exact) mass is 426 g/mol. The van der Waals surface area contributed by atoms with Crippen LogP contribution in [0.4, 0.5) is 0 Å². The number of carbonyl (C=O) groups is 1. The number of halogens is 2. The van der Waals surface area contributed by atoms with Crippen molar-refractivity contribution >= 4 is 29.1 Å². The predicted molar refractivity (Wildman–Crippen MR) is 112 cm³/mol. The van der Waals surface area contributed by atoms with E-state index in [2.05, 4.69) is 18.5 Å². The molecular formula is C21H28Cl2N2O3. The molecule has 0 aromatic heterocycles. The zero-order chi connectivity index (χ0) is 20.3. The molecule has 28 heavy (non-hydrogen) atoms. The summed E-state index contributed by atoms with van der Waals surface area (Å²) >= 11 is 12.1. The summed E-state index contributed by atoms with van der Waals surface area (Å²) in [5.41, 5.74) is 0.848. The fourth-order valence-corrected chi connectivity index (χ4v) is 4.58. The van der Waals surface area contributed by atoms with Gasteiger partial charge in [-0.3, -0.25) is 9.69 Å². The lowest BCUT2D eigenvalue weighted by molar-refractivity contribution is -0.198. The summed E-state index contributed by atoms with van der Waals surface area (Å²) in [7, 11) is 3.94. The third kappa shape index (κ3) is 4.71. The molecule has 0 bridgehead atoms. The fraction of sp³-hybridized carbons (Fsp3) is 0.571. The molecule has 1 amide bonds. The minimum atomic E-state index is -0.561. The van der Waals surface area contributed by atoms with E-state index in [1.807, 2.05) is 24.1 Å². The summed E-state index contributed by atoms with van der Waals surface area (Å²) in [6.07, 6.45) is 4.57. The number of nitrogens with zero attached hydrogens (tertiary/aromatic N) is 2. The Bertz CT molecular complexity index is 722. The molecule has 154 valence electrons. The predicted octanol–water partition coefficient (Wildman–Crippen LogP) is 3.78. The zero-order valence-corrected chi connectivity index (χ0v) is 18.0. The summed E-state index contributed by atoms with van der Waals surface area (Å²) in [5.74, 6) is -0.524. The molecule has 1 aliphatic carbocycles. The van der Waals surface area contributed by atoms with Gasteiger partial charge < -0.3 is 14.4 Å². The topological polar surface area (TPSA) is 42.0 Å². The first-order valence-corrected chi connectivity index (χ1v) is 10.4. The van der Waals surface area contributed by atoms with Crippen molar-refractivity contribution in [2.24, 2.45) is 0 Å². The molecule has 2 aliphatic rings. The van der Waals surface area contributed by atoms with E-state index < -0.39 is 5.79 Å². The van der Waals surface area contributed by atoms with Crippen LogP contribution in [0.2, 0.25) is 10.0 Å². The van der Waals surface area contributed by atoms with E-state index >= 15 is 0 Å². The van der Waals surface area contributed by atoms with Crippen LogP contribution in [0.25, 0.3) is 0 Å². The number of likely N-dealkylation sites (N-methyl/N-ethyl adjacent to an activating group) is 2. The summed E-state index contributed by atoms with van der Waals surface area (Å²) in [6.45, 7) is 5.84. The van der Waals surface area contributed by atoms with Gasteiger partial charge in [-0.05, 0) is 31.2 Å². The number of hydrogen-bond acceptors (Lipinski definition) is 4. The molecule has 2 fully saturated rings. The molecule has 1 aromatic rings. The van der Waals surface area contributed by atoms with Gasteiger partial charge in [0.05, 0.1) is 35.7 Å². The second-order valence-corrected chi connectivity index (χ2v) is 8.46. The lowest BCUT2D eigenvalue weighted by Crippen LogP contribution is -2.58. The highest BCUT2D eigenvalue weighted by Gasteiger charge is 2.48. The minimum absolute atomic E-state index is 0.00734. The van der Waals surface area contributed by atoms with Crippen molar-refractivity contribution in [1.82, 2.24) is 9.80 Å². The van der Waals surface area contributed by atoms with E-state index in [9.17, 15) is 4.79 Å². The van der Waals surface area contributed by atoms with Gasteiger partial charge in [-0.1, -0.05) is 35.3 Å². The molecule has 5 nitrogen and oxygen atoms in total. The smallest absolute Gasteiger partial charge is 0.227 e. The van der Waals surface area contributed by atoms with Gasteiger partial charge >= 0.3 is 0 Å². The summed E-state index contributed by atoms with van der Waals surface area (Å²) < 4.78 is 11.9. The van der Waals surface area contributed by atoms with Gasteiger partial charge in [-0.25, -0.2) is 0 Å². The van der Waals surface area contributed by atoms with Crippen molar-refractivity contribution < 1.29 is 14.3 Å². The first-order chi connectivity index (χ1) is 13.3. The summed E-state index contributed by atoms with van der Waals surface area (Å²) in [6, 6.07) is 5.53. The number of hydrogen-bond donors (Lipinski definition) is 0. The Labute approximate surface area is 177 Å². The van der Waals surface area contributed by atoms with E-state index in [0.717, 1.165) is 24.9 Å². The average molecular weight is 427 g/mol. The van der Waals surface area contributed by atoms with Gasteiger partial charge in [0.25, 0.3) is 0 Å². The molecule has 0 N–H and O–H groups in total. The Morgan fingerprint density at radius 1 is 1.25 bits per heavy atom. The molecule has 7 heteroatoms. The molecule has 3 rings (SSSR count). The molecule has 2 atom stereocenters. The fourth-order valence-electron chi connectivity index (χ4n) is 4.26. The second kappa shape index (κ2) is 9.14. The Morgan fingerprint density at radius 2 is 1.96 bits per heavy atom. The van der Waals surface area contributed by atoms with Crippen LogP contribution in [-0.2, 0) is 20.7 Å². The van der Waals surface area contributed by atoms with Crippen molar-refractivity contribution in [1.29, 1.82) is 0 Å². The maximum Gasteiger partial charge on any atom is 0.227 e. The van der Waals surface area contributed by atoms with Crippen LogP contribution in [0, 0.1) is 0 Å². The van der Waals surface area contributed by atoms with Gasteiger partial charge in [-0.2, -0.15) is 0 Å². The molecule has 1 heterocycles. The Kier molecular flexibility index (Phi) is 7.05. The summed E-state index contributed by atoms with van der Waals surface area (Å²) in [4.78, 5) is 17.2. The van der Waals surface area contributed by atoms with E-state index in [1.165, 1.54) is 0 Å². The summed E-state index contributed by atoms with van der Waals surface area (Å²) in [5, 5.41) is 0.949. The number of amides is 1. The van der Waals surface area contributed by atoms with Crippen LogP contribution >= 0.6 is 23.2 Å². The normalized spacial score (nSPS) is 23.9. The first kappa shape index (κ1) is 21.6. The van der Waals surface area contributed by atoms with Crippen molar-refractivity contribution in [3.63, 3.8) is 0 Å². The maximum absolute atomic E-state index is 13.1.